The molecular weight excluding hydrogens is 446 g/mol. The van der Waals surface area contributed by atoms with Gasteiger partial charge in [-0.15, -0.1) is 0 Å². The Labute approximate surface area is 232 Å². The van der Waals surface area contributed by atoms with E-state index in [-0.39, 0.29) is 59.1 Å². The molecule has 0 unspecified atom stereocenters. The third-order valence-corrected chi connectivity index (χ3v) is 3.70. The van der Waals surface area contributed by atoms with Crippen LogP contribution in [0.3, 0.4) is 0 Å². The monoisotopic (exact) mass is 482 g/mol. The van der Waals surface area contributed by atoms with Crippen LogP contribution in [0.25, 0.3) is 0 Å². The minimum atomic E-state index is -5.17. The quantitative estimate of drug-likeness (QED) is 0.0676. The van der Waals surface area contributed by atoms with Crippen molar-refractivity contribution in [3.05, 3.63) is 12.2 Å². The molecule has 0 aromatic rings. The Morgan fingerprint density at radius 3 is 1.26 bits per heavy atom. The van der Waals surface area contributed by atoms with Gasteiger partial charge in [0.25, 0.3) is 0 Å². The van der Waals surface area contributed by atoms with Crippen LogP contribution in [0, 0.1) is 11.8 Å². The number of carbonyl (C=O) groups excluding carboxylic acids is 2. The van der Waals surface area contributed by atoms with Crippen LogP contribution in [0.1, 0.15) is 79.1 Å². The largest absolute Gasteiger partial charge is 1.00 e. The molecule has 0 bridgehead atoms. The second kappa shape index (κ2) is 25.2. The van der Waals surface area contributed by atoms with Crippen molar-refractivity contribution in [3.8, 4) is 0 Å². The predicted octanol–water partition coefficient (Wildman–Crippen LogP) is -2.27. The molecule has 0 aromatic heterocycles. The molecule has 0 N–H and O–H groups in total. The third-order valence-electron chi connectivity index (χ3n) is 3.70. The fourth-order valence-corrected chi connectivity index (χ4v) is 2.24. The molecule has 0 fully saturated rings. The van der Waals surface area contributed by atoms with Crippen molar-refractivity contribution in [1.29, 1.82) is 0 Å². The Balaban J connectivity index is -0.000000464. The van der Waals surface area contributed by atoms with E-state index in [2.05, 4.69) is 27.7 Å². The molecule has 0 aliphatic rings. The standard InChI is InChI=1S/C20H36O4.2Na.H2O4S/c1-17(2)11-7-5-9-15-23-19(21)13-14-20(22)24-16-10-6-8-12-18(3)4;;;1-5(2,3)4/h13-14,17-18H,5-12,15-16H2,1-4H3;;;(H2,1,2,3,4)/q;2*+1;/p-2/b14-13-;;;. The summed E-state index contributed by atoms with van der Waals surface area (Å²) in [5, 5.41) is 0. The van der Waals surface area contributed by atoms with Crippen molar-refractivity contribution in [3.63, 3.8) is 0 Å². The first-order chi connectivity index (χ1) is 13.4. The second-order valence-electron chi connectivity index (χ2n) is 7.56. The summed E-state index contributed by atoms with van der Waals surface area (Å²) in [6.07, 6.45) is 10.9. The minimum Gasteiger partial charge on any atom is -0.759 e. The van der Waals surface area contributed by atoms with Crippen LogP contribution in [-0.2, 0) is 29.5 Å². The van der Waals surface area contributed by atoms with Crippen molar-refractivity contribution in [2.24, 2.45) is 11.8 Å². The summed E-state index contributed by atoms with van der Waals surface area (Å²) in [6, 6.07) is 0. The van der Waals surface area contributed by atoms with Crippen molar-refractivity contribution >= 4 is 22.3 Å². The van der Waals surface area contributed by atoms with Crippen LogP contribution in [0.2, 0.25) is 0 Å². The van der Waals surface area contributed by atoms with E-state index in [1.54, 1.807) is 0 Å². The van der Waals surface area contributed by atoms with Crippen molar-refractivity contribution < 1.29 is 95.7 Å². The van der Waals surface area contributed by atoms with Crippen LogP contribution in [0.15, 0.2) is 12.2 Å². The Morgan fingerprint density at radius 1 is 0.710 bits per heavy atom. The van der Waals surface area contributed by atoms with Gasteiger partial charge in [-0.05, 0) is 24.7 Å². The van der Waals surface area contributed by atoms with Crippen LogP contribution in [0.4, 0.5) is 0 Å². The Kier molecular flexibility index (Phi) is 31.5. The van der Waals surface area contributed by atoms with Gasteiger partial charge in [-0.3, -0.25) is 8.42 Å². The van der Waals surface area contributed by atoms with Gasteiger partial charge in [0.2, 0.25) is 0 Å². The van der Waals surface area contributed by atoms with Crippen molar-refractivity contribution in [1.82, 2.24) is 0 Å². The first kappa shape index (κ1) is 38.8. The van der Waals surface area contributed by atoms with Crippen molar-refractivity contribution in [2.45, 2.75) is 79.1 Å². The van der Waals surface area contributed by atoms with E-state index in [0.717, 1.165) is 62.5 Å². The molecule has 11 heteroatoms. The topological polar surface area (TPSA) is 133 Å². The first-order valence-electron chi connectivity index (χ1n) is 10.1. The maximum absolute atomic E-state index is 11.5. The second-order valence-corrected chi connectivity index (χ2v) is 8.38. The average molecular weight is 483 g/mol. The molecule has 31 heavy (non-hydrogen) atoms. The maximum Gasteiger partial charge on any atom is 1.00 e. The first-order valence-corrected chi connectivity index (χ1v) is 11.4. The Hall–Kier alpha value is 0.550. The summed E-state index contributed by atoms with van der Waals surface area (Å²) < 4.78 is 44.2. The molecule has 8 nitrogen and oxygen atoms in total. The number of unbranched alkanes of at least 4 members (excludes halogenated alkanes) is 4. The van der Waals surface area contributed by atoms with Gasteiger partial charge in [0.15, 0.2) is 0 Å². The molecule has 0 rings (SSSR count). The number of rotatable bonds is 14. The summed E-state index contributed by atoms with van der Waals surface area (Å²) in [4.78, 5) is 22.9. The maximum atomic E-state index is 11.5. The van der Waals surface area contributed by atoms with Crippen LogP contribution < -0.4 is 59.1 Å². The smallest absolute Gasteiger partial charge is 0.759 e. The fraction of sp³-hybridized carbons (Fsp3) is 0.800. The summed E-state index contributed by atoms with van der Waals surface area (Å²) >= 11 is 0. The normalized spacial score (nSPS) is 10.7. The Morgan fingerprint density at radius 2 is 1.00 bits per heavy atom. The van der Waals surface area contributed by atoms with E-state index in [4.69, 9.17) is 27.0 Å². The molecule has 0 heterocycles. The van der Waals surface area contributed by atoms with Gasteiger partial charge < -0.3 is 18.6 Å². The molecule has 0 spiro atoms. The third kappa shape index (κ3) is 44.9. The molecule has 0 aromatic carbocycles. The average Bonchev–Trinajstić information content (AvgIpc) is 2.57. The molecule has 0 amide bonds. The molecule has 0 saturated heterocycles. The zero-order valence-corrected chi connectivity index (χ0v) is 24.9. The van der Waals surface area contributed by atoms with Gasteiger partial charge in [0.05, 0.1) is 13.2 Å². The summed E-state index contributed by atoms with van der Waals surface area (Å²) in [6.45, 7) is 9.63. The van der Waals surface area contributed by atoms with Gasteiger partial charge >= 0.3 is 71.1 Å². The van der Waals surface area contributed by atoms with Crippen molar-refractivity contribution in [2.75, 3.05) is 13.2 Å². The fourth-order valence-electron chi connectivity index (χ4n) is 2.24. The number of hydrogen-bond donors (Lipinski definition) is 0. The van der Waals surface area contributed by atoms with E-state index < -0.39 is 22.3 Å². The van der Waals surface area contributed by atoms with Crippen LogP contribution in [-0.4, -0.2) is 42.7 Å². The summed E-state index contributed by atoms with van der Waals surface area (Å²) in [5.41, 5.74) is 0. The molecule has 0 radical (unpaired) electrons. The van der Waals surface area contributed by atoms with E-state index in [1.807, 2.05) is 0 Å². The van der Waals surface area contributed by atoms with Crippen LogP contribution >= 0.6 is 0 Å². The molecule has 0 aliphatic heterocycles. The van der Waals surface area contributed by atoms with E-state index in [9.17, 15) is 9.59 Å². The van der Waals surface area contributed by atoms with Crippen LogP contribution in [0.5, 0.6) is 0 Å². The number of ether oxygens (including phenoxy) is 2. The minimum absolute atomic E-state index is 0. The molecule has 172 valence electrons. The number of hydrogen-bond acceptors (Lipinski definition) is 8. The zero-order valence-electron chi connectivity index (χ0n) is 20.1. The van der Waals surface area contributed by atoms with Gasteiger partial charge in [-0.1, -0.05) is 66.2 Å². The molecular formula is C20H36Na2O8S. The summed E-state index contributed by atoms with van der Waals surface area (Å²) in [7, 11) is -5.17. The molecule has 0 atom stereocenters. The number of carbonyl (C=O) groups is 2. The van der Waals surface area contributed by atoms with E-state index in [0.29, 0.717) is 13.2 Å². The Bertz CT molecular complexity index is 522. The van der Waals surface area contributed by atoms with E-state index in [1.165, 1.54) is 12.8 Å². The van der Waals surface area contributed by atoms with Gasteiger partial charge in [0, 0.05) is 22.6 Å². The SMILES string of the molecule is CC(C)CCCCCOC(=O)/C=C\C(=O)OCCCCCC(C)C.O=S(=O)([O-])[O-].[Na+].[Na+]. The molecule has 0 aliphatic carbocycles. The van der Waals surface area contributed by atoms with E-state index >= 15 is 0 Å². The number of esters is 2. The van der Waals surface area contributed by atoms with Gasteiger partial charge in [0.1, 0.15) is 0 Å². The van der Waals surface area contributed by atoms with Gasteiger partial charge in [-0.2, -0.15) is 0 Å². The predicted molar refractivity (Wildman–Crippen MR) is 108 cm³/mol. The summed E-state index contributed by atoms with van der Waals surface area (Å²) in [5.74, 6) is 0.480. The van der Waals surface area contributed by atoms with Gasteiger partial charge in [-0.25, -0.2) is 9.59 Å². The molecule has 0 saturated carbocycles. The zero-order chi connectivity index (χ0) is 22.7.